The average Bonchev–Trinajstić information content (AvgIpc) is 2.50. The van der Waals surface area contributed by atoms with Crippen molar-refractivity contribution in [2.75, 3.05) is 19.0 Å². The van der Waals surface area contributed by atoms with Crippen molar-refractivity contribution >= 4 is 5.69 Å². The van der Waals surface area contributed by atoms with Crippen LogP contribution in [0.1, 0.15) is 45.4 Å². The van der Waals surface area contributed by atoms with E-state index in [0.29, 0.717) is 6.54 Å². The first-order chi connectivity index (χ1) is 9.71. The van der Waals surface area contributed by atoms with Gasteiger partial charge in [-0.15, -0.1) is 0 Å². The van der Waals surface area contributed by atoms with Crippen molar-refractivity contribution in [3.05, 3.63) is 24.3 Å². The summed E-state index contributed by atoms with van der Waals surface area (Å²) in [4.78, 5) is 0. The number of anilines is 1. The highest BCUT2D eigenvalue weighted by Gasteiger charge is 2.33. The molecule has 20 heavy (non-hydrogen) atoms. The van der Waals surface area contributed by atoms with Gasteiger partial charge in [0.2, 0.25) is 0 Å². The second-order valence-electron chi connectivity index (χ2n) is 6.07. The lowest BCUT2D eigenvalue weighted by Crippen LogP contribution is -2.48. The number of methoxy groups -OCH3 is 1. The Morgan fingerprint density at radius 2 is 1.90 bits per heavy atom. The molecule has 0 aromatic heterocycles. The minimum Gasteiger partial charge on any atom is -0.497 e. The van der Waals surface area contributed by atoms with E-state index in [9.17, 15) is 0 Å². The molecule has 3 heteroatoms. The molecule has 3 N–H and O–H groups in total. The van der Waals surface area contributed by atoms with E-state index in [1.165, 1.54) is 38.5 Å². The lowest BCUT2D eigenvalue weighted by Gasteiger charge is -2.41. The first kappa shape index (κ1) is 15.2. The number of rotatable bonds is 6. The molecule has 2 rings (SSSR count). The summed E-state index contributed by atoms with van der Waals surface area (Å²) < 4.78 is 5.20. The van der Waals surface area contributed by atoms with Crippen molar-refractivity contribution in [2.45, 2.75) is 51.0 Å². The number of hydrogen-bond acceptors (Lipinski definition) is 3. The van der Waals surface area contributed by atoms with Crippen LogP contribution in [0.4, 0.5) is 5.69 Å². The number of nitrogens with two attached hydrogens (primary N) is 1. The molecule has 0 spiro atoms. The highest BCUT2D eigenvalue weighted by molar-refractivity contribution is 5.48. The van der Waals surface area contributed by atoms with Gasteiger partial charge in [0, 0.05) is 17.8 Å². The van der Waals surface area contributed by atoms with Crippen LogP contribution in [0.25, 0.3) is 0 Å². The van der Waals surface area contributed by atoms with Crippen molar-refractivity contribution < 1.29 is 4.74 Å². The Labute approximate surface area is 122 Å². The van der Waals surface area contributed by atoms with Gasteiger partial charge in [0.15, 0.2) is 0 Å². The Kier molecular flexibility index (Phi) is 5.30. The standard InChI is InChI=1S/C17H28N2O/c1-3-4-14-9-11-17(13-18,12-10-14)19-15-5-7-16(20-2)8-6-15/h5-8,14,19H,3-4,9-13,18H2,1-2H3. The number of nitrogens with one attached hydrogen (secondary N) is 1. The van der Waals surface area contributed by atoms with Crippen LogP contribution in [0.5, 0.6) is 5.75 Å². The molecular weight excluding hydrogens is 248 g/mol. The summed E-state index contributed by atoms with van der Waals surface area (Å²) in [6.07, 6.45) is 7.62. The van der Waals surface area contributed by atoms with Gasteiger partial charge in [-0.3, -0.25) is 0 Å². The third-order valence-corrected chi connectivity index (χ3v) is 4.65. The molecular formula is C17H28N2O. The summed E-state index contributed by atoms with van der Waals surface area (Å²) in [7, 11) is 1.69. The van der Waals surface area contributed by atoms with Gasteiger partial charge in [-0.05, 0) is 55.9 Å². The lowest BCUT2D eigenvalue weighted by molar-refractivity contribution is 0.247. The van der Waals surface area contributed by atoms with Crippen LogP contribution >= 0.6 is 0 Å². The summed E-state index contributed by atoms with van der Waals surface area (Å²) in [5, 5.41) is 3.68. The summed E-state index contributed by atoms with van der Waals surface area (Å²) >= 11 is 0. The van der Waals surface area contributed by atoms with Gasteiger partial charge in [-0.25, -0.2) is 0 Å². The van der Waals surface area contributed by atoms with Crippen LogP contribution in [0, 0.1) is 5.92 Å². The zero-order valence-electron chi connectivity index (χ0n) is 12.8. The number of benzene rings is 1. The molecule has 0 radical (unpaired) electrons. The first-order valence-electron chi connectivity index (χ1n) is 7.83. The molecule has 0 saturated heterocycles. The molecule has 1 aliphatic rings. The van der Waals surface area contributed by atoms with E-state index >= 15 is 0 Å². The first-order valence-corrected chi connectivity index (χ1v) is 7.83. The summed E-state index contributed by atoms with van der Waals surface area (Å²) in [6, 6.07) is 8.15. The molecule has 1 aromatic rings. The Bertz CT molecular complexity index is 394. The Hall–Kier alpha value is -1.22. The predicted octanol–water partition coefficient (Wildman–Crippen LogP) is 3.79. The fraction of sp³-hybridized carbons (Fsp3) is 0.647. The molecule has 0 unspecified atom stereocenters. The monoisotopic (exact) mass is 276 g/mol. The Morgan fingerprint density at radius 3 is 2.40 bits per heavy atom. The zero-order valence-corrected chi connectivity index (χ0v) is 12.8. The topological polar surface area (TPSA) is 47.3 Å². The summed E-state index contributed by atoms with van der Waals surface area (Å²) in [5.41, 5.74) is 7.30. The number of ether oxygens (including phenoxy) is 1. The van der Waals surface area contributed by atoms with E-state index in [2.05, 4.69) is 24.4 Å². The maximum Gasteiger partial charge on any atom is 0.119 e. The summed E-state index contributed by atoms with van der Waals surface area (Å²) in [6.45, 7) is 2.98. The third-order valence-electron chi connectivity index (χ3n) is 4.65. The molecule has 1 fully saturated rings. The molecule has 0 aliphatic heterocycles. The van der Waals surface area contributed by atoms with Crippen molar-refractivity contribution in [3.8, 4) is 5.75 Å². The van der Waals surface area contributed by atoms with Gasteiger partial charge >= 0.3 is 0 Å². The molecule has 1 aliphatic carbocycles. The fourth-order valence-electron chi connectivity index (χ4n) is 3.29. The van der Waals surface area contributed by atoms with Crippen LogP contribution in [0.3, 0.4) is 0 Å². The molecule has 0 amide bonds. The minimum atomic E-state index is 0.0822. The second-order valence-corrected chi connectivity index (χ2v) is 6.07. The van der Waals surface area contributed by atoms with E-state index in [0.717, 1.165) is 17.4 Å². The molecule has 1 aromatic carbocycles. The van der Waals surface area contributed by atoms with Crippen molar-refractivity contribution in [1.82, 2.24) is 0 Å². The molecule has 0 atom stereocenters. The van der Waals surface area contributed by atoms with Crippen LogP contribution in [-0.4, -0.2) is 19.2 Å². The van der Waals surface area contributed by atoms with Crippen LogP contribution < -0.4 is 15.8 Å². The molecule has 1 saturated carbocycles. The Balaban J connectivity index is 1.97. The molecule has 3 nitrogen and oxygen atoms in total. The van der Waals surface area contributed by atoms with Gasteiger partial charge in [0.1, 0.15) is 5.75 Å². The zero-order chi connectivity index (χ0) is 14.4. The molecule has 0 bridgehead atoms. The van der Waals surface area contributed by atoms with E-state index in [1.54, 1.807) is 7.11 Å². The van der Waals surface area contributed by atoms with Gasteiger partial charge in [0.25, 0.3) is 0 Å². The SMILES string of the molecule is CCCC1CCC(CN)(Nc2ccc(OC)cc2)CC1. The smallest absolute Gasteiger partial charge is 0.119 e. The van der Waals surface area contributed by atoms with Crippen LogP contribution in [0.15, 0.2) is 24.3 Å². The van der Waals surface area contributed by atoms with E-state index in [-0.39, 0.29) is 5.54 Å². The van der Waals surface area contributed by atoms with E-state index in [4.69, 9.17) is 10.5 Å². The van der Waals surface area contributed by atoms with Gasteiger partial charge in [-0.1, -0.05) is 19.8 Å². The number of hydrogen-bond donors (Lipinski definition) is 2. The molecule has 0 heterocycles. The van der Waals surface area contributed by atoms with Crippen molar-refractivity contribution in [2.24, 2.45) is 11.7 Å². The minimum absolute atomic E-state index is 0.0822. The third kappa shape index (κ3) is 3.66. The molecule has 112 valence electrons. The van der Waals surface area contributed by atoms with Crippen LogP contribution in [0.2, 0.25) is 0 Å². The van der Waals surface area contributed by atoms with Crippen LogP contribution in [-0.2, 0) is 0 Å². The summed E-state index contributed by atoms with van der Waals surface area (Å²) in [5.74, 6) is 1.79. The largest absolute Gasteiger partial charge is 0.497 e. The highest BCUT2D eigenvalue weighted by atomic mass is 16.5. The van der Waals surface area contributed by atoms with E-state index in [1.807, 2.05) is 12.1 Å². The predicted molar refractivity (Wildman–Crippen MR) is 85.3 cm³/mol. The van der Waals surface area contributed by atoms with Crippen molar-refractivity contribution in [3.63, 3.8) is 0 Å². The average molecular weight is 276 g/mol. The lowest BCUT2D eigenvalue weighted by atomic mass is 9.75. The fourth-order valence-corrected chi connectivity index (χ4v) is 3.29. The quantitative estimate of drug-likeness (QED) is 0.831. The maximum absolute atomic E-state index is 6.07. The second kappa shape index (κ2) is 6.98. The van der Waals surface area contributed by atoms with Gasteiger partial charge in [-0.2, -0.15) is 0 Å². The maximum atomic E-state index is 6.07. The normalized spacial score (nSPS) is 26.2. The van der Waals surface area contributed by atoms with E-state index < -0.39 is 0 Å². The Morgan fingerprint density at radius 1 is 1.25 bits per heavy atom. The van der Waals surface area contributed by atoms with Gasteiger partial charge in [0.05, 0.1) is 7.11 Å². The van der Waals surface area contributed by atoms with Gasteiger partial charge < -0.3 is 15.8 Å². The highest BCUT2D eigenvalue weighted by Crippen LogP contribution is 2.36. The van der Waals surface area contributed by atoms with Crippen molar-refractivity contribution in [1.29, 1.82) is 0 Å².